The molecule has 0 aliphatic carbocycles. The van der Waals surface area contributed by atoms with Crippen molar-refractivity contribution in [2.45, 2.75) is 38.1 Å². The highest BCUT2D eigenvalue weighted by atomic mass is 19.1. The molecule has 0 amide bonds. The van der Waals surface area contributed by atoms with Crippen LogP contribution in [0.5, 0.6) is 0 Å². The summed E-state index contributed by atoms with van der Waals surface area (Å²) in [5.74, 6) is -0.827. The Kier molecular flexibility index (Phi) is 5.91. The lowest BCUT2D eigenvalue weighted by Gasteiger charge is -2.23. The van der Waals surface area contributed by atoms with Gasteiger partial charge in [0.1, 0.15) is 5.82 Å². The van der Waals surface area contributed by atoms with Crippen molar-refractivity contribution < 1.29 is 24.1 Å². The van der Waals surface area contributed by atoms with Gasteiger partial charge in [-0.15, -0.1) is 0 Å². The smallest absolute Gasteiger partial charge is 0.158 e. The van der Waals surface area contributed by atoms with Gasteiger partial charge in [0.25, 0.3) is 0 Å². The minimum Gasteiger partial charge on any atom is -0.396 e. The molecule has 0 bridgehead atoms. The Morgan fingerprint density at radius 1 is 1.30 bits per heavy atom. The van der Waals surface area contributed by atoms with Gasteiger partial charge in [0.2, 0.25) is 0 Å². The van der Waals surface area contributed by atoms with E-state index in [9.17, 15) is 4.39 Å². The molecule has 1 aromatic carbocycles. The van der Waals surface area contributed by atoms with Gasteiger partial charge in [-0.25, -0.2) is 4.39 Å². The Bertz CT molecular complexity index is 414. The van der Waals surface area contributed by atoms with Gasteiger partial charge in [-0.05, 0) is 30.9 Å². The number of aliphatic hydroxyl groups is 2. The van der Waals surface area contributed by atoms with Crippen LogP contribution < -0.4 is 0 Å². The molecule has 0 aromatic heterocycles. The molecule has 2 N–H and O–H groups in total. The zero-order chi connectivity index (χ0) is 14.4. The van der Waals surface area contributed by atoms with Crippen LogP contribution >= 0.6 is 0 Å². The minimum atomic E-state index is -0.443. The van der Waals surface area contributed by atoms with Gasteiger partial charge in [-0.3, -0.25) is 0 Å². The van der Waals surface area contributed by atoms with Crippen molar-refractivity contribution >= 4 is 0 Å². The lowest BCUT2D eigenvalue weighted by Crippen LogP contribution is -2.22. The highest BCUT2D eigenvalue weighted by Crippen LogP contribution is 2.21. The maximum Gasteiger partial charge on any atom is 0.158 e. The molecule has 1 saturated heterocycles. The van der Waals surface area contributed by atoms with E-state index in [0.717, 1.165) is 19.3 Å². The number of hydrogen-bond donors (Lipinski definition) is 2. The SMILES string of the molecule is OCC(CO)c1ccc(COC2CCCCO2)c(F)c1. The summed E-state index contributed by atoms with van der Waals surface area (Å²) in [4.78, 5) is 0. The van der Waals surface area contributed by atoms with E-state index in [1.165, 1.54) is 6.07 Å². The standard InChI is InChI=1S/C15H21FO4/c16-14-7-11(13(8-17)9-18)4-5-12(14)10-20-15-3-1-2-6-19-15/h4-5,7,13,15,17-18H,1-3,6,8-10H2. The molecule has 1 heterocycles. The molecular formula is C15H21FO4. The molecule has 1 aromatic rings. The Morgan fingerprint density at radius 3 is 2.70 bits per heavy atom. The molecule has 1 aliphatic rings. The van der Waals surface area contributed by atoms with Gasteiger partial charge in [-0.1, -0.05) is 12.1 Å². The fourth-order valence-corrected chi connectivity index (χ4v) is 2.23. The van der Waals surface area contributed by atoms with E-state index >= 15 is 0 Å². The Hall–Kier alpha value is -1.01. The second-order valence-corrected chi connectivity index (χ2v) is 5.02. The molecule has 4 nitrogen and oxygen atoms in total. The zero-order valence-electron chi connectivity index (χ0n) is 11.4. The van der Waals surface area contributed by atoms with Crippen LogP contribution in [0, 0.1) is 5.82 Å². The van der Waals surface area contributed by atoms with E-state index in [4.69, 9.17) is 19.7 Å². The molecule has 20 heavy (non-hydrogen) atoms. The summed E-state index contributed by atoms with van der Waals surface area (Å²) >= 11 is 0. The molecule has 1 atom stereocenters. The fourth-order valence-electron chi connectivity index (χ4n) is 2.23. The van der Waals surface area contributed by atoms with Crippen molar-refractivity contribution in [3.05, 3.63) is 35.1 Å². The van der Waals surface area contributed by atoms with Crippen LogP contribution in [0.1, 0.15) is 36.3 Å². The molecule has 0 spiro atoms. The van der Waals surface area contributed by atoms with E-state index < -0.39 is 5.92 Å². The van der Waals surface area contributed by atoms with E-state index in [2.05, 4.69) is 0 Å². The minimum absolute atomic E-state index is 0.166. The summed E-state index contributed by atoms with van der Waals surface area (Å²) in [5, 5.41) is 18.2. The molecule has 5 heteroatoms. The van der Waals surface area contributed by atoms with Crippen LogP contribution in [-0.2, 0) is 16.1 Å². The van der Waals surface area contributed by atoms with Gasteiger partial charge >= 0.3 is 0 Å². The van der Waals surface area contributed by atoms with Gasteiger partial charge in [-0.2, -0.15) is 0 Å². The summed E-state index contributed by atoms with van der Waals surface area (Å²) in [7, 11) is 0. The highest BCUT2D eigenvalue weighted by Gasteiger charge is 2.16. The van der Waals surface area contributed by atoms with Gasteiger partial charge in [0.05, 0.1) is 19.8 Å². The van der Waals surface area contributed by atoms with E-state index in [-0.39, 0.29) is 31.9 Å². The molecule has 112 valence electrons. The number of benzene rings is 1. The maximum atomic E-state index is 14.0. The highest BCUT2D eigenvalue weighted by molar-refractivity contribution is 5.27. The van der Waals surface area contributed by atoms with Crippen LogP contribution in [0.3, 0.4) is 0 Å². The fraction of sp³-hybridized carbons (Fsp3) is 0.600. The monoisotopic (exact) mass is 284 g/mol. The van der Waals surface area contributed by atoms with Gasteiger partial charge in [0, 0.05) is 18.1 Å². The number of aliphatic hydroxyl groups excluding tert-OH is 2. The molecule has 2 rings (SSSR count). The molecule has 0 saturated carbocycles. The first kappa shape index (κ1) is 15.4. The van der Waals surface area contributed by atoms with Crippen LogP contribution in [0.4, 0.5) is 4.39 Å². The average Bonchev–Trinajstić information content (AvgIpc) is 2.49. The Balaban J connectivity index is 1.95. The summed E-state index contributed by atoms with van der Waals surface area (Å²) in [6.07, 6.45) is 2.72. The molecule has 1 unspecified atom stereocenters. The first-order valence-electron chi connectivity index (χ1n) is 6.98. The lowest BCUT2D eigenvalue weighted by molar-refractivity contribution is -0.169. The maximum absolute atomic E-state index is 14.0. The van der Waals surface area contributed by atoms with E-state index in [1.54, 1.807) is 12.1 Å². The quantitative estimate of drug-likeness (QED) is 0.838. The normalized spacial score (nSPS) is 19.5. The Morgan fingerprint density at radius 2 is 2.10 bits per heavy atom. The van der Waals surface area contributed by atoms with Crippen molar-refractivity contribution in [1.29, 1.82) is 0 Å². The van der Waals surface area contributed by atoms with E-state index in [0.29, 0.717) is 17.7 Å². The van der Waals surface area contributed by atoms with Crippen LogP contribution in [0.25, 0.3) is 0 Å². The first-order valence-corrected chi connectivity index (χ1v) is 6.98. The van der Waals surface area contributed by atoms with Crippen molar-refractivity contribution in [2.24, 2.45) is 0 Å². The summed E-state index contributed by atoms with van der Waals surface area (Å²) < 4.78 is 24.9. The second kappa shape index (κ2) is 7.69. The summed E-state index contributed by atoms with van der Waals surface area (Å²) in [6, 6.07) is 4.68. The average molecular weight is 284 g/mol. The Labute approximate surface area is 118 Å². The summed E-state index contributed by atoms with van der Waals surface area (Å²) in [6.45, 7) is 0.448. The lowest BCUT2D eigenvalue weighted by atomic mass is 9.99. The molecule has 1 aliphatic heterocycles. The third-order valence-electron chi connectivity index (χ3n) is 3.55. The third-order valence-corrected chi connectivity index (χ3v) is 3.55. The first-order chi connectivity index (χ1) is 9.74. The van der Waals surface area contributed by atoms with Crippen LogP contribution in [-0.4, -0.2) is 36.3 Å². The molecule has 0 radical (unpaired) electrons. The van der Waals surface area contributed by atoms with Crippen molar-refractivity contribution in [1.82, 2.24) is 0 Å². The number of ether oxygens (including phenoxy) is 2. The predicted molar refractivity (Wildman–Crippen MR) is 71.7 cm³/mol. The number of halogens is 1. The predicted octanol–water partition coefficient (Wildman–Crippen LogP) is 1.94. The van der Waals surface area contributed by atoms with Crippen LogP contribution in [0.15, 0.2) is 18.2 Å². The molecular weight excluding hydrogens is 263 g/mol. The van der Waals surface area contributed by atoms with Crippen molar-refractivity contribution in [3.8, 4) is 0 Å². The van der Waals surface area contributed by atoms with Gasteiger partial charge in [0.15, 0.2) is 6.29 Å². The van der Waals surface area contributed by atoms with E-state index in [1.807, 2.05) is 0 Å². The number of hydrogen-bond acceptors (Lipinski definition) is 4. The second-order valence-electron chi connectivity index (χ2n) is 5.02. The van der Waals surface area contributed by atoms with Crippen molar-refractivity contribution in [2.75, 3.05) is 19.8 Å². The van der Waals surface area contributed by atoms with Gasteiger partial charge < -0.3 is 19.7 Å². The topological polar surface area (TPSA) is 58.9 Å². The third kappa shape index (κ3) is 3.99. The largest absolute Gasteiger partial charge is 0.396 e. The summed E-state index contributed by atoms with van der Waals surface area (Å²) in [5.41, 5.74) is 1.04. The van der Waals surface area contributed by atoms with Crippen LogP contribution in [0.2, 0.25) is 0 Å². The number of rotatable bonds is 6. The van der Waals surface area contributed by atoms with Crippen molar-refractivity contribution in [3.63, 3.8) is 0 Å². The zero-order valence-corrected chi connectivity index (χ0v) is 11.4. The molecule has 1 fully saturated rings.